The molecule has 0 N–H and O–H groups in total. The first-order valence-electron chi connectivity index (χ1n) is 14.3. The second kappa shape index (κ2) is 13.9. The van der Waals surface area contributed by atoms with Crippen molar-refractivity contribution in [2.24, 2.45) is 16.8 Å². The maximum atomic E-state index is 13.7. The van der Waals surface area contributed by atoms with Gasteiger partial charge in [-0.15, -0.1) is 0 Å². The third-order valence-electron chi connectivity index (χ3n) is 7.40. The summed E-state index contributed by atoms with van der Waals surface area (Å²) in [4.78, 5) is 27.8. The van der Waals surface area contributed by atoms with Crippen molar-refractivity contribution in [3.05, 3.63) is 29.6 Å². The minimum Gasteiger partial charge on any atom is -0.339 e. The van der Waals surface area contributed by atoms with Crippen molar-refractivity contribution >= 4 is 22.7 Å². The quantitative estimate of drug-likeness (QED) is 0.308. The van der Waals surface area contributed by atoms with Gasteiger partial charge in [0.2, 0.25) is 0 Å². The fourth-order valence-electron chi connectivity index (χ4n) is 5.08. The predicted molar refractivity (Wildman–Crippen MR) is 152 cm³/mol. The number of aryl methyl sites for hydroxylation is 1. The first-order valence-corrected chi connectivity index (χ1v) is 14.3. The van der Waals surface area contributed by atoms with Gasteiger partial charge in [-0.1, -0.05) is 41.0 Å². The summed E-state index contributed by atoms with van der Waals surface area (Å²) in [6, 6.07) is 6.07. The number of piperidine rings is 1. The van der Waals surface area contributed by atoms with Crippen molar-refractivity contribution < 1.29 is 4.79 Å². The number of nitrogens with zero attached hydrogens (tertiary/aromatic N) is 5. The molecule has 1 saturated heterocycles. The molecule has 1 amide bonds. The van der Waals surface area contributed by atoms with E-state index in [1.165, 1.54) is 32.4 Å². The fraction of sp³-hybridized carbons (Fsp3) is 0.700. The lowest BCUT2D eigenvalue weighted by atomic mass is 10.1. The lowest BCUT2D eigenvalue weighted by Gasteiger charge is -2.26. The van der Waals surface area contributed by atoms with E-state index in [0.717, 1.165) is 80.0 Å². The molecule has 1 fully saturated rings. The molecule has 6 nitrogen and oxygen atoms in total. The summed E-state index contributed by atoms with van der Waals surface area (Å²) in [6.45, 7) is 17.1. The van der Waals surface area contributed by atoms with Crippen LogP contribution in [-0.2, 0) is 6.54 Å². The molecule has 0 bridgehead atoms. The second-order valence-corrected chi connectivity index (χ2v) is 11.2. The highest BCUT2D eigenvalue weighted by Crippen LogP contribution is 2.22. The van der Waals surface area contributed by atoms with Crippen LogP contribution in [0.15, 0.2) is 23.2 Å². The van der Waals surface area contributed by atoms with Gasteiger partial charge in [0.1, 0.15) is 0 Å². The van der Waals surface area contributed by atoms with Gasteiger partial charge in [-0.05, 0) is 88.2 Å². The lowest BCUT2D eigenvalue weighted by molar-refractivity contribution is 0.0741. The molecule has 0 aliphatic carbocycles. The Labute approximate surface area is 219 Å². The van der Waals surface area contributed by atoms with Crippen LogP contribution >= 0.6 is 0 Å². The first-order chi connectivity index (χ1) is 17.3. The third kappa shape index (κ3) is 7.64. The van der Waals surface area contributed by atoms with Crippen molar-refractivity contribution in [2.45, 2.75) is 86.1 Å². The molecule has 1 aliphatic rings. The van der Waals surface area contributed by atoms with Crippen molar-refractivity contribution in [3.63, 3.8) is 0 Å². The van der Waals surface area contributed by atoms with Crippen LogP contribution in [0, 0.1) is 11.8 Å². The van der Waals surface area contributed by atoms with Gasteiger partial charge in [-0.2, -0.15) is 0 Å². The van der Waals surface area contributed by atoms with Crippen molar-refractivity contribution in [3.8, 4) is 0 Å². The van der Waals surface area contributed by atoms with Crippen LogP contribution in [0.4, 0.5) is 0 Å². The number of rotatable bonds is 13. The topological polar surface area (TPSA) is 53.7 Å². The van der Waals surface area contributed by atoms with Crippen molar-refractivity contribution in [2.75, 3.05) is 39.8 Å². The summed E-state index contributed by atoms with van der Waals surface area (Å²) in [5.41, 5.74) is 3.79. The SMILES string of the molecule is CCC(=NC)c1nc2ccc(C(=O)N(CCC(C)C)CCC(C)C)cc2n1CCCN1CCCCC1. The van der Waals surface area contributed by atoms with Gasteiger partial charge in [0.05, 0.1) is 16.7 Å². The molecule has 0 spiro atoms. The highest BCUT2D eigenvalue weighted by Gasteiger charge is 2.20. The zero-order valence-corrected chi connectivity index (χ0v) is 23.7. The van der Waals surface area contributed by atoms with E-state index in [9.17, 15) is 4.79 Å². The Balaban J connectivity index is 1.89. The smallest absolute Gasteiger partial charge is 0.253 e. The highest BCUT2D eigenvalue weighted by molar-refractivity contribution is 6.02. The van der Waals surface area contributed by atoms with E-state index in [0.29, 0.717) is 11.8 Å². The molecule has 2 aromatic rings. The average molecular weight is 496 g/mol. The Kier molecular flexibility index (Phi) is 11.0. The highest BCUT2D eigenvalue weighted by atomic mass is 16.2. The fourth-order valence-corrected chi connectivity index (χ4v) is 5.08. The van der Waals surface area contributed by atoms with Gasteiger partial charge >= 0.3 is 0 Å². The number of hydrogen-bond donors (Lipinski definition) is 0. The Morgan fingerprint density at radius 3 is 2.28 bits per heavy atom. The van der Waals surface area contributed by atoms with E-state index in [1.807, 2.05) is 19.2 Å². The molecule has 200 valence electrons. The normalized spacial score (nSPS) is 15.4. The summed E-state index contributed by atoms with van der Waals surface area (Å²) in [6.07, 6.45) is 7.97. The number of benzene rings is 1. The number of carbonyl (C=O) groups excluding carboxylic acids is 1. The molecule has 0 radical (unpaired) electrons. The molecular formula is C30H49N5O. The molecular weight excluding hydrogens is 446 g/mol. The Morgan fingerprint density at radius 1 is 1.03 bits per heavy atom. The number of aliphatic imine (C=N–C) groups is 1. The number of imidazole rings is 1. The Hall–Kier alpha value is -2.21. The second-order valence-electron chi connectivity index (χ2n) is 11.2. The van der Waals surface area contributed by atoms with E-state index in [2.05, 4.69) is 60.0 Å². The monoisotopic (exact) mass is 495 g/mol. The van der Waals surface area contributed by atoms with E-state index in [-0.39, 0.29) is 5.91 Å². The van der Waals surface area contributed by atoms with Gasteiger partial charge in [0, 0.05) is 32.2 Å². The van der Waals surface area contributed by atoms with Gasteiger partial charge in [0.25, 0.3) is 5.91 Å². The zero-order chi connectivity index (χ0) is 26.1. The zero-order valence-electron chi connectivity index (χ0n) is 23.7. The largest absolute Gasteiger partial charge is 0.339 e. The van der Waals surface area contributed by atoms with Gasteiger partial charge < -0.3 is 14.4 Å². The maximum Gasteiger partial charge on any atom is 0.253 e. The average Bonchev–Trinajstić information content (AvgIpc) is 3.22. The number of carbonyl (C=O) groups is 1. The van der Waals surface area contributed by atoms with Gasteiger partial charge in [-0.25, -0.2) is 4.98 Å². The van der Waals surface area contributed by atoms with Crippen molar-refractivity contribution in [1.29, 1.82) is 0 Å². The maximum absolute atomic E-state index is 13.7. The molecule has 1 aliphatic heterocycles. The van der Waals surface area contributed by atoms with Crippen LogP contribution < -0.4 is 0 Å². The van der Waals surface area contributed by atoms with Crippen LogP contribution in [-0.4, -0.2) is 70.7 Å². The predicted octanol–water partition coefficient (Wildman–Crippen LogP) is 6.28. The number of aromatic nitrogens is 2. The number of fused-ring (bicyclic) bond motifs is 1. The van der Waals surface area contributed by atoms with Crippen LogP contribution in [0.1, 0.15) is 95.7 Å². The molecule has 1 aromatic heterocycles. The van der Waals surface area contributed by atoms with Crippen LogP contribution in [0.5, 0.6) is 0 Å². The number of amides is 1. The molecule has 2 heterocycles. The lowest BCUT2D eigenvalue weighted by Crippen LogP contribution is -2.34. The minimum absolute atomic E-state index is 0.140. The van der Waals surface area contributed by atoms with E-state index >= 15 is 0 Å². The molecule has 6 heteroatoms. The molecule has 0 atom stereocenters. The molecule has 36 heavy (non-hydrogen) atoms. The molecule has 0 saturated carbocycles. The van der Waals surface area contributed by atoms with E-state index < -0.39 is 0 Å². The van der Waals surface area contributed by atoms with Crippen LogP contribution in [0.2, 0.25) is 0 Å². The molecule has 1 aromatic carbocycles. The summed E-state index contributed by atoms with van der Waals surface area (Å²) in [5, 5.41) is 0. The van der Waals surface area contributed by atoms with Crippen LogP contribution in [0.3, 0.4) is 0 Å². The summed E-state index contributed by atoms with van der Waals surface area (Å²) in [5.74, 6) is 2.24. The summed E-state index contributed by atoms with van der Waals surface area (Å²) in [7, 11) is 1.85. The standard InChI is InChI=1S/C30H49N5O/c1-7-26(31-6)29-32-27-13-12-25(30(36)34(20-14-23(2)3)21-15-24(4)5)22-28(27)35(29)19-11-18-33-16-9-8-10-17-33/h12-13,22-24H,7-11,14-21H2,1-6H3. The first kappa shape index (κ1) is 28.4. The summed E-state index contributed by atoms with van der Waals surface area (Å²) < 4.78 is 2.31. The Morgan fingerprint density at radius 2 is 1.69 bits per heavy atom. The Bertz CT molecular complexity index is 988. The molecule has 3 rings (SSSR count). The molecule has 0 unspecified atom stereocenters. The van der Waals surface area contributed by atoms with Gasteiger partial charge in [-0.3, -0.25) is 9.79 Å². The van der Waals surface area contributed by atoms with Gasteiger partial charge in [0.15, 0.2) is 5.82 Å². The van der Waals surface area contributed by atoms with E-state index in [1.54, 1.807) is 0 Å². The van der Waals surface area contributed by atoms with Crippen LogP contribution in [0.25, 0.3) is 11.0 Å². The number of likely N-dealkylation sites (tertiary alicyclic amines) is 1. The minimum atomic E-state index is 0.140. The van der Waals surface area contributed by atoms with Crippen molar-refractivity contribution in [1.82, 2.24) is 19.4 Å². The summed E-state index contributed by atoms with van der Waals surface area (Å²) >= 11 is 0. The third-order valence-corrected chi connectivity index (χ3v) is 7.40. The van der Waals surface area contributed by atoms with E-state index in [4.69, 9.17) is 4.98 Å². The number of hydrogen-bond acceptors (Lipinski definition) is 4.